The summed E-state index contributed by atoms with van der Waals surface area (Å²) in [4.78, 5) is 23.5. The smallest absolute Gasteiger partial charge is 0.229 e. The van der Waals surface area contributed by atoms with Gasteiger partial charge in [0.25, 0.3) is 0 Å². The van der Waals surface area contributed by atoms with Gasteiger partial charge in [-0.2, -0.15) is 0 Å². The summed E-state index contributed by atoms with van der Waals surface area (Å²) in [5.74, 6) is 0.927. The maximum atomic E-state index is 13.2. The molecule has 4 nitrogen and oxygen atoms in total. The van der Waals surface area contributed by atoms with E-state index in [0.717, 1.165) is 47.2 Å². The van der Waals surface area contributed by atoms with Crippen LogP contribution in [0.2, 0.25) is 0 Å². The number of amides is 1. The SMILES string of the molecule is CCc1ccc2nc(N(CCN(CC)CC)C(=O)CCSc3ccc(C)cc3)sc2c1. The van der Waals surface area contributed by atoms with E-state index in [1.807, 2.05) is 4.90 Å². The van der Waals surface area contributed by atoms with Gasteiger partial charge in [0, 0.05) is 30.2 Å². The van der Waals surface area contributed by atoms with Crippen molar-refractivity contribution in [3.63, 3.8) is 0 Å². The Morgan fingerprint density at radius 2 is 1.77 bits per heavy atom. The fraction of sp³-hybridized carbons (Fsp3) is 0.440. The molecule has 1 amide bonds. The Kier molecular flexibility index (Phi) is 8.93. The predicted molar refractivity (Wildman–Crippen MR) is 136 cm³/mol. The second kappa shape index (κ2) is 11.7. The molecule has 1 aromatic heterocycles. The number of thiazole rings is 1. The van der Waals surface area contributed by atoms with E-state index in [0.29, 0.717) is 13.0 Å². The average molecular weight is 456 g/mol. The zero-order valence-corrected chi connectivity index (χ0v) is 20.7. The lowest BCUT2D eigenvalue weighted by Crippen LogP contribution is -2.39. The molecule has 0 spiro atoms. The summed E-state index contributed by atoms with van der Waals surface area (Å²) in [7, 11) is 0. The van der Waals surface area contributed by atoms with Gasteiger partial charge in [0.1, 0.15) is 0 Å². The van der Waals surface area contributed by atoms with Crippen molar-refractivity contribution in [3.8, 4) is 0 Å². The number of rotatable bonds is 11. The normalized spacial score (nSPS) is 11.4. The number of fused-ring (bicyclic) bond motifs is 1. The molecule has 0 fully saturated rings. The highest BCUT2D eigenvalue weighted by atomic mass is 32.2. The first-order valence-electron chi connectivity index (χ1n) is 11.2. The van der Waals surface area contributed by atoms with Crippen LogP contribution in [0.1, 0.15) is 38.3 Å². The molecule has 0 saturated heterocycles. The first-order valence-corrected chi connectivity index (χ1v) is 13.0. The largest absolute Gasteiger partial charge is 0.302 e. The summed E-state index contributed by atoms with van der Waals surface area (Å²) in [6, 6.07) is 14.9. The van der Waals surface area contributed by atoms with Crippen LogP contribution in [0.15, 0.2) is 47.4 Å². The zero-order valence-electron chi connectivity index (χ0n) is 19.1. The summed E-state index contributed by atoms with van der Waals surface area (Å²) in [5, 5.41) is 0.820. The molecule has 0 aliphatic carbocycles. The second-order valence-corrected chi connectivity index (χ2v) is 9.81. The lowest BCUT2D eigenvalue weighted by Gasteiger charge is -2.24. The van der Waals surface area contributed by atoms with E-state index in [1.165, 1.54) is 16.0 Å². The van der Waals surface area contributed by atoms with Crippen LogP contribution in [-0.4, -0.2) is 47.7 Å². The lowest BCUT2D eigenvalue weighted by atomic mass is 10.2. The van der Waals surface area contributed by atoms with Crippen molar-refractivity contribution < 1.29 is 4.79 Å². The number of aryl methyl sites for hydroxylation is 2. The van der Waals surface area contributed by atoms with Crippen molar-refractivity contribution in [1.29, 1.82) is 0 Å². The van der Waals surface area contributed by atoms with E-state index < -0.39 is 0 Å². The molecule has 31 heavy (non-hydrogen) atoms. The fourth-order valence-electron chi connectivity index (χ4n) is 3.43. The van der Waals surface area contributed by atoms with Gasteiger partial charge in [0.15, 0.2) is 5.13 Å². The van der Waals surface area contributed by atoms with Crippen LogP contribution < -0.4 is 4.90 Å². The molecular weight excluding hydrogens is 422 g/mol. The van der Waals surface area contributed by atoms with Crippen LogP contribution in [0.25, 0.3) is 10.2 Å². The number of hydrogen-bond acceptors (Lipinski definition) is 5. The summed E-state index contributed by atoms with van der Waals surface area (Å²) >= 11 is 3.37. The Morgan fingerprint density at radius 1 is 1.03 bits per heavy atom. The number of likely N-dealkylation sites (N-methyl/N-ethyl adjacent to an activating group) is 1. The maximum Gasteiger partial charge on any atom is 0.229 e. The topological polar surface area (TPSA) is 36.4 Å². The quantitative estimate of drug-likeness (QED) is 0.331. The van der Waals surface area contributed by atoms with Crippen LogP contribution >= 0.6 is 23.1 Å². The third-order valence-corrected chi connectivity index (χ3v) is 7.58. The molecule has 0 atom stereocenters. The molecule has 2 aromatic carbocycles. The second-order valence-electron chi connectivity index (χ2n) is 7.64. The number of nitrogens with zero attached hydrogens (tertiary/aromatic N) is 3. The fourth-order valence-corrected chi connectivity index (χ4v) is 5.34. The van der Waals surface area contributed by atoms with Crippen molar-refractivity contribution in [1.82, 2.24) is 9.88 Å². The molecule has 0 bridgehead atoms. The van der Waals surface area contributed by atoms with E-state index in [9.17, 15) is 4.79 Å². The molecule has 0 N–H and O–H groups in total. The number of aromatic nitrogens is 1. The molecule has 6 heteroatoms. The molecule has 3 rings (SSSR count). The minimum absolute atomic E-state index is 0.154. The Bertz CT molecular complexity index is 980. The van der Waals surface area contributed by atoms with Crippen LogP contribution in [0.4, 0.5) is 5.13 Å². The van der Waals surface area contributed by atoms with Crippen molar-refractivity contribution >= 4 is 44.4 Å². The van der Waals surface area contributed by atoms with Gasteiger partial charge in [0.05, 0.1) is 10.2 Å². The molecular formula is C25H33N3OS2. The lowest BCUT2D eigenvalue weighted by molar-refractivity contribution is -0.118. The minimum atomic E-state index is 0.154. The molecule has 0 radical (unpaired) electrons. The monoisotopic (exact) mass is 455 g/mol. The van der Waals surface area contributed by atoms with Crippen LogP contribution in [0.3, 0.4) is 0 Å². The molecule has 0 aliphatic heterocycles. The van der Waals surface area contributed by atoms with E-state index in [-0.39, 0.29) is 5.91 Å². The van der Waals surface area contributed by atoms with E-state index >= 15 is 0 Å². The highest BCUT2D eigenvalue weighted by Gasteiger charge is 2.20. The summed E-state index contributed by atoms with van der Waals surface area (Å²) < 4.78 is 1.16. The van der Waals surface area contributed by atoms with Gasteiger partial charge in [-0.3, -0.25) is 9.69 Å². The first kappa shape index (κ1) is 23.8. The van der Waals surface area contributed by atoms with Gasteiger partial charge >= 0.3 is 0 Å². The Morgan fingerprint density at radius 3 is 2.45 bits per heavy atom. The highest BCUT2D eigenvalue weighted by molar-refractivity contribution is 7.99. The van der Waals surface area contributed by atoms with E-state index in [1.54, 1.807) is 23.1 Å². The van der Waals surface area contributed by atoms with E-state index in [2.05, 4.69) is 75.1 Å². The number of anilines is 1. The Labute approximate surface area is 194 Å². The van der Waals surface area contributed by atoms with Gasteiger partial charge in [-0.15, -0.1) is 11.8 Å². The molecule has 166 valence electrons. The van der Waals surface area contributed by atoms with Crippen molar-refractivity contribution in [3.05, 3.63) is 53.6 Å². The first-order chi connectivity index (χ1) is 15.0. The number of hydrogen-bond donors (Lipinski definition) is 0. The van der Waals surface area contributed by atoms with Crippen molar-refractivity contribution in [2.75, 3.05) is 36.8 Å². The summed E-state index contributed by atoms with van der Waals surface area (Å²) in [6.07, 6.45) is 1.51. The van der Waals surface area contributed by atoms with Gasteiger partial charge in [-0.25, -0.2) is 4.98 Å². The number of carbonyl (C=O) groups is 1. The van der Waals surface area contributed by atoms with Crippen LogP contribution in [0, 0.1) is 6.92 Å². The van der Waals surface area contributed by atoms with E-state index in [4.69, 9.17) is 4.98 Å². The molecule has 0 aliphatic rings. The molecule has 1 heterocycles. The predicted octanol–water partition coefficient (Wildman–Crippen LogP) is 6.02. The van der Waals surface area contributed by atoms with Gasteiger partial charge < -0.3 is 4.90 Å². The summed E-state index contributed by atoms with van der Waals surface area (Å²) in [6.45, 7) is 12.1. The van der Waals surface area contributed by atoms with Crippen molar-refractivity contribution in [2.45, 2.75) is 45.4 Å². The molecule has 3 aromatic rings. The summed E-state index contributed by atoms with van der Waals surface area (Å²) in [5.41, 5.74) is 3.54. The minimum Gasteiger partial charge on any atom is -0.302 e. The number of thioether (sulfide) groups is 1. The number of benzene rings is 2. The van der Waals surface area contributed by atoms with Gasteiger partial charge in [-0.1, -0.05) is 55.9 Å². The zero-order chi connectivity index (χ0) is 22.2. The third kappa shape index (κ3) is 6.55. The standard InChI is InChI=1S/C25H33N3OS2/c1-5-20-10-13-22-23(18-20)31-25(26-22)28(16-15-27(6-2)7-3)24(29)14-17-30-21-11-8-19(4)9-12-21/h8-13,18H,5-7,14-17H2,1-4H3. The Hall–Kier alpha value is -1.89. The average Bonchev–Trinajstić information content (AvgIpc) is 3.20. The van der Waals surface area contributed by atoms with Gasteiger partial charge in [-0.05, 0) is 56.3 Å². The van der Waals surface area contributed by atoms with Gasteiger partial charge in [0.2, 0.25) is 5.91 Å². The van der Waals surface area contributed by atoms with Crippen molar-refractivity contribution in [2.24, 2.45) is 0 Å². The van der Waals surface area contributed by atoms with Crippen LogP contribution in [0.5, 0.6) is 0 Å². The van der Waals surface area contributed by atoms with Crippen LogP contribution in [-0.2, 0) is 11.2 Å². The Balaban J connectivity index is 1.73. The molecule has 0 saturated carbocycles. The third-order valence-electron chi connectivity index (χ3n) is 5.52. The molecule has 0 unspecified atom stereocenters. The number of carbonyl (C=O) groups excluding carboxylic acids is 1. The highest BCUT2D eigenvalue weighted by Crippen LogP contribution is 2.30. The maximum absolute atomic E-state index is 13.2.